The molecular formula is C18H18ClNO4. The van der Waals surface area contributed by atoms with Gasteiger partial charge in [-0.25, -0.2) is 0 Å². The molecule has 2 aromatic rings. The highest BCUT2D eigenvalue weighted by molar-refractivity contribution is 6.31. The molecule has 0 radical (unpaired) electrons. The summed E-state index contributed by atoms with van der Waals surface area (Å²) in [5.41, 5.74) is 1.53. The number of halogens is 1. The highest BCUT2D eigenvalue weighted by atomic mass is 35.5. The Hall–Kier alpha value is -2.40. The van der Waals surface area contributed by atoms with Gasteiger partial charge < -0.3 is 19.5 Å². The number of carbonyl (C=O) groups is 1. The summed E-state index contributed by atoms with van der Waals surface area (Å²) in [6.07, 6.45) is -0.654. The number of carbonyl (C=O) groups excluding carboxylic acids is 1. The van der Waals surface area contributed by atoms with Crippen molar-refractivity contribution in [2.75, 3.05) is 18.5 Å². The molecule has 3 rings (SSSR count). The molecule has 6 heteroatoms. The number of benzene rings is 2. The van der Waals surface area contributed by atoms with E-state index in [-0.39, 0.29) is 5.91 Å². The van der Waals surface area contributed by atoms with Crippen LogP contribution in [0.5, 0.6) is 17.2 Å². The molecule has 0 fully saturated rings. The fourth-order valence-electron chi connectivity index (χ4n) is 2.31. The third-order valence-electron chi connectivity index (χ3n) is 3.62. The molecule has 1 N–H and O–H groups in total. The van der Waals surface area contributed by atoms with Crippen LogP contribution in [0.4, 0.5) is 5.69 Å². The topological polar surface area (TPSA) is 56.8 Å². The molecule has 1 aliphatic rings. The van der Waals surface area contributed by atoms with Gasteiger partial charge in [0.05, 0.1) is 0 Å². The fraction of sp³-hybridized carbons (Fsp3) is 0.278. The minimum Gasteiger partial charge on any atom is -0.486 e. The van der Waals surface area contributed by atoms with Crippen molar-refractivity contribution in [1.29, 1.82) is 0 Å². The Morgan fingerprint density at radius 1 is 1.17 bits per heavy atom. The maximum Gasteiger partial charge on any atom is 0.265 e. The van der Waals surface area contributed by atoms with Gasteiger partial charge in [0.15, 0.2) is 17.6 Å². The second-order valence-electron chi connectivity index (χ2n) is 5.52. The summed E-state index contributed by atoms with van der Waals surface area (Å²) >= 11 is 5.99. The van der Waals surface area contributed by atoms with E-state index in [0.29, 0.717) is 41.2 Å². The summed E-state index contributed by atoms with van der Waals surface area (Å²) in [7, 11) is 0. The van der Waals surface area contributed by atoms with E-state index in [4.69, 9.17) is 25.8 Å². The van der Waals surface area contributed by atoms with Crippen LogP contribution in [-0.4, -0.2) is 25.2 Å². The minimum absolute atomic E-state index is 0.251. The molecule has 0 saturated carbocycles. The Labute approximate surface area is 145 Å². The number of fused-ring (bicyclic) bond motifs is 1. The van der Waals surface area contributed by atoms with Gasteiger partial charge in [-0.3, -0.25) is 4.79 Å². The van der Waals surface area contributed by atoms with E-state index in [1.165, 1.54) is 0 Å². The first-order valence-electron chi connectivity index (χ1n) is 7.66. The van der Waals surface area contributed by atoms with E-state index in [2.05, 4.69) is 5.32 Å². The smallest absolute Gasteiger partial charge is 0.265 e. The number of aryl methyl sites for hydroxylation is 1. The number of hydrogen-bond acceptors (Lipinski definition) is 4. The molecular weight excluding hydrogens is 330 g/mol. The van der Waals surface area contributed by atoms with Crippen molar-refractivity contribution >= 4 is 23.2 Å². The number of nitrogens with one attached hydrogen (secondary N) is 1. The maximum atomic E-state index is 12.3. The third kappa shape index (κ3) is 3.74. The number of hydrogen-bond donors (Lipinski definition) is 1. The van der Waals surface area contributed by atoms with Crippen molar-refractivity contribution in [3.63, 3.8) is 0 Å². The molecule has 5 nitrogen and oxygen atoms in total. The predicted molar refractivity (Wildman–Crippen MR) is 92.3 cm³/mol. The van der Waals surface area contributed by atoms with Gasteiger partial charge in [-0.15, -0.1) is 0 Å². The van der Waals surface area contributed by atoms with E-state index in [9.17, 15) is 4.79 Å². The largest absolute Gasteiger partial charge is 0.486 e. The van der Waals surface area contributed by atoms with Crippen molar-refractivity contribution in [3.05, 3.63) is 47.0 Å². The molecule has 1 atom stereocenters. The summed E-state index contributed by atoms with van der Waals surface area (Å²) in [5, 5.41) is 3.48. The van der Waals surface area contributed by atoms with Crippen LogP contribution in [0.1, 0.15) is 12.5 Å². The quantitative estimate of drug-likeness (QED) is 0.913. The molecule has 0 spiro atoms. The third-order valence-corrected chi connectivity index (χ3v) is 4.05. The van der Waals surface area contributed by atoms with Crippen LogP contribution in [0.3, 0.4) is 0 Å². The van der Waals surface area contributed by atoms with Crippen LogP contribution in [-0.2, 0) is 4.79 Å². The Kier molecular flexibility index (Phi) is 4.81. The zero-order valence-electron chi connectivity index (χ0n) is 13.5. The molecule has 1 aliphatic heterocycles. The van der Waals surface area contributed by atoms with E-state index in [1.807, 2.05) is 6.92 Å². The van der Waals surface area contributed by atoms with Gasteiger partial charge in [-0.2, -0.15) is 0 Å². The second kappa shape index (κ2) is 7.01. The Balaban J connectivity index is 1.64. The zero-order chi connectivity index (χ0) is 17.1. The summed E-state index contributed by atoms with van der Waals surface area (Å²) in [6, 6.07) is 10.6. The average molecular weight is 348 g/mol. The lowest BCUT2D eigenvalue weighted by Gasteiger charge is -2.20. The van der Waals surface area contributed by atoms with Gasteiger partial charge in [-0.1, -0.05) is 11.6 Å². The molecule has 0 aromatic heterocycles. The summed E-state index contributed by atoms with van der Waals surface area (Å²) in [5.74, 6) is 1.65. The van der Waals surface area contributed by atoms with Crippen LogP contribution in [0.15, 0.2) is 36.4 Å². The average Bonchev–Trinajstić information content (AvgIpc) is 2.58. The van der Waals surface area contributed by atoms with Gasteiger partial charge >= 0.3 is 0 Å². The molecule has 1 heterocycles. The summed E-state index contributed by atoms with van der Waals surface area (Å²) in [4.78, 5) is 12.3. The minimum atomic E-state index is -0.654. The molecule has 2 aromatic carbocycles. The number of ether oxygens (including phenoxy) is 3. The predicted octanol–water partition coefficient (Wildman–Crippen LogP) is 3.83. The Morgan fingerprint density at radius 2 is 1.92 bits per heavy atom. The van der Waals surface area contributed by atoms with Crippen molar-refractivity contribution in [3.8, 4) is 17.2 Å². The Morgan fingerprint density at radius 3 is 2.67 bits per heavy atom. The van der Waals surface area contributed by atoms with Crippen LogP contribution in [0, 0.1) is 6.92 Å². The van der Waals surface area contributed by atoms with Crippen molar-refractivity contribution < 1.29 is 19.0 Å². The maximum absolute atomic E-state index is 12.3. The van der Waals surface area contributed by atoms with Crippen molar-refractivity contribution in [1.82, 2.24) is 0 Å². The standard InChI is InChI=1S/C18H18ClNO4/c1-11-9-14(4-5-15(11)19)24-12(2)18(21)20-13-3-6-16-17(10-13)23-8-7-22-16/h3-6,9-10,12H,7-8H2,1-2H3,(H,20,21). The lowest BCUT2D eigenvalue weighted by atomic mass is 10.2. The first-order chi connectivity index (χ1) is 11.5. The Bertz CT molecular complexity index is 763. The lowest BCUT2D eigenvalue weighted by Crippen LogP contribution is -2.30. The lowest BCUT2D eigenvalue weighted by molar-refractivity contribution is -0.122. The number of amides is 1. The molecule has 0 aliphatic carbocycles. The molecule has 0 bridgehead atoms. The van der Waals surface area contributed by atoms with Crippen LogP contribution < -0.4 is 19.5 Å². The first kappa shape index (κ1) is 16.5. The van der Waals surface area contributed by atoms with Crippen LogP contribution in [0.2, 0.25) is 5.02 Å². The van der Waals surface area contributed by atoms with E-state index >= 15 is 0 Å². The van der Waals surface area contributed by atoms with Gasteiger partial charge in [0, 0.05) is 16.8 Å². The normalized spacial score (nSPS) is 14.0. The summed E-state index contributed by atoms with van der Waals surface area (Å²) < 4.78 is 16.6. The van der Waals surface area contributed by atoms with Gasteiger partial charge in [0.2, 0.25) is 0 Å². The number of anilines is 1. The van der Waals surface area contributed by atoms with Gasteiger partial charge in [-0.05, 0) is 49.7 Å². The zero-order valence-corrected chi connectivity index (χ0v) is 14.2. The molecule has 0 saturated heterocycles. The van der Waals surface area contributed by atoms with Gasteiger partial charge in [0.1, 0.15) is 19.0 Å². The highest BCUT2D eigenvalue weighted by Gasteiger charge is 2.17. The van der Waals surface area contributed by atoms with E-state index in [0.717, 1.165) is 5.56 Å². The van der Waals surface area contributed by atoms with Gasteiger partial charge in [0.25, 0.3) is 5.91 Å². The SMILES string of the molecule is Cc1cc(OC(C)C(=O)Nc2ccc3c(c2)OCCO3)ccc1Cl. The molecule has 1 unspecified atom stereocenters. The molecule has 1 amide bonds. The highest BCUT2D eigenvalue weighted by Crippen LogP contribution is 2.32. The van der Waals surface area contributed by atoms with Crippen LogP contribution >= 0.6 is 11.6 Å². The second-order valence-corrected chi connectivity index (χ2v) is 5.93. The fourth-order valence-corrected chi connectivity index (χ4v) is 2.43. The van der Waals surface area contributed by atoms with E-state index < -0.39 is 6.10 Å². The number of rotatable bonds is 4. The van der Waals surface area contributed by atoms with E-state index in [1.54, 1.807) is 43.3 Å². The van der Waals surface area contributed by atoms with Crippen molar-refractivity contribution in [2.24, 2.45) is 0 Å². The first-order valence-corrected chi connectivity index (χ1v) is 8.04. The van der Waals surface area contributed by atoms with Crippen molar-refractivity contribution in [2.45, 2.75) is 20.0 Å². The van der Waals surface area contributed by atoms with Crippen LogP contribution in [0.25, 0.3) is 0 Å². The monoisotopic (exact) mass is 347 g/mol. The molecule has 24 heavy (non-hydrogen) atoms. The summed E-state index contributed by atoms with van der Waals surface area (Å²) in [6.45, 7) is 4.61. The molecule has 126 valence electrons.